The van der Waals surface area contributed by atoms with Crippen molar-refractivity contribution in [1.29, 1.82) is 0 Å². The van der Waals surface area contributed by atoms with Crippen molar-refractivity contribution < 1.29 is 9.53 Å². The van der Waals surface area contributed by atoms with E-state index >= 15 is 0 Å². The van der Waals surface area contributed by atoms with Crippen LogP contribution in [-0.4, -0.2) is 25.7 Å². The zero-order valence-corrected chi connectivity index (χ0v) is 12.6. The minimum Gasteiger partial charge on any atom is -0.454 e. The molecule has 0 fully saturated rings. The second-order valence-electron chi connectivity index (χ2n) is 4.54. The predicted octanol–water partition coefficient (Wildman–Crippen LogP) is 2.85. The van der Waals surface area contributed by atoms with Crippen LogP contribution >= 0.6 is 11.3 Å². The first kappa shape index (κ1) is 14.3. The number of ketones is 1. The average molecular weight is 312 g/mol. The van der Waals surface area contributed by atoms with Crippen molar-refractivity contribution >= 4 is 17.1 Å². The second-order valence-corrected chi connectivity index (χ2v) is 5.48. The molecule has 0 atom stereocenters. The van der Waals surface area contributed by atoms with Gasteiger partial charge < -0.3 is 4.74 Å². The van der Waals surface area contributed by atoms with Crippen molar-refractivity contribution in [1.82, 2.24) is 19.9 Å². The smallest absolute Gasteiger partial charge is 0.188 e. The highest BCUT2D eigenvalue weighted by Gasteiger charge is 2.12. The highest BCUT2D eigenvalue weighted by molar-refractivity contribution is 7.09. The van der Waals surface area contributed by atoms with Crippen molar-refractivity contribution in [3.8, 4) is 11.5 Å². The standard InChI is InChI=1S/C15H12N4O2S/c1-10-8-22-15(19-10)5-14(20)13-4-11(2-3-18-13)21-12-6-16-9-17-7-12/h2-4,6-9H,5H2,1H3. The van der Waals surface area contributed by atoms with Crippen molar-refractivity contribution in [2.24, 2.45) is 0 Å². The lowest BCUT2D eigenvalue weighted by Gasteiger charge is -2.05. The van der Waals surface area contributed by atoms with Crippen LogP contribution in [0.5, 0.6) is 11.5 Å². The Morgan fingerprint density at radius 1 is 1.27 bits per heavy atom. The van der Waals surface area contributed by atoms with Crippen LogP contribution in [0.15, 0.2) is 42.4 Å². The molecule has 3 rings (SSSR count). The van der Waals surface area contributed by atoms with E-state index in [0.717, 1.165) is 10.7 Å². The third-order valence-electron chi connectivity index (χ3n) is 2.77. The number of hydrogen-bond donors (Lipinski definition) is 0. The average Bonchev–Trinajstić information content (AvgIpc) is 2.93. The Bertz CT molecular complexity index is 789. The number of aromatic nitrogens is 4. The fourth-order valence-corrected chi connectivity index (χ4v) is 2.58. The van der Waals surface area contributed by atoms with Crippen molar-refractivity contribution in [3.63, 3.8) is 0 Å². The van der Waals surface area contributed by atoms with Gasteiger partial charge in [0.2, 0.25) is 0 Å². The number of carbonyl (C=O) groups is 1. The lowest BCUT2D eigenvalue weighted by atomic mass is 10.2. The third kappa shape index (κ3) is 3.50. The monoisotopic (exact) mass is 312 g/mol. The molecular weight excluding hydrogens is 300 g/mol. The van der Waals surface area contributed by atoms with Gasteiger partial charge in [0.05, 0.1) is 18.8 Å². The molecular formula is C15H12N4O2S. The summed E-state index contributed by atoms with van der Waals surface area (Å²) in [5.74, 6) is 0.926. The molecule has 0 aliphatic heterocycles. The van der Waals surface area contributed by atoms with Gasteiger partial charge in [0.15, 0.2) is 11.5 Å². The first-order valence-corrected chi connectivity index (χ1v) is 7.42. The van der Waals surface area contributed by atoms with Gasteiger partial charge >= 0.3 is 0 Å². The van der Waals surface area contributed by atoms with Gasteiger partial charge in [0.1, 0.15) is 22.8 Å². The largest absolute Gasteiger partial charge is 0.454 e. The third-order valence-corrected chi connectivity index (χ3v) is 3.73. The van der Waals surface area contributed by atoms with Crippen LogP contribution in [0.25, 0.3) is 0 Å². The fourth-order valence-electron chi connectivity index (χ4n) is 1.81. The Morgan fingerprint density at radius 2 is 2.09 bits per heavy atom. The zero-order valence-electron chi connectivity index (χ0n) is 11.8. The maximum absolute atomic E-state index is 12.3. The molecule has 7 heteroatoms. The van der Waals surface area contributed by atoms with E-state index < -0.39 is 0 Å². The first-order chi connectivity index (χ1) is 10.7. The molecule has 6 nitrogen and oxygen atoms in total. The van der Waals surface area contributed by atoms with E-state index in [1.807, 2.05) is 12.3 Å². The van der Waals surface area contributed by atoms with E-state index in [0.29, 0.717) is 17.2 Å². The zero-order chi connectivity index (χ0) is 15.4. The van der Waals surface area contributed by atoms with Crippen molar-refractivity contribution in [3.05, 3.63) is 58.8 Å². The van der Waals surface area contributed by atoms with Gasteiger partial charge in [-0.25, -0.2) is 15.0 Å². The molecule has 0 spiro atoms. The van der Waals surface area contributed by atoms with Crippen LogP contribution in [-0.2, 0) is 6.42 Å². The molecule has 3 aromatic heterocycles. The lowest BCUT2D eigenvalue weighted by molar-refractivity contribution is 0.0988. The maximum atomic E-state index is 12.3. The molecule has 3 aromatic rings. The molecule has 0 amide bonds. The summed E-state index contributed by atoms with van der Waals surface area (Å²) in [4.78, 5) is 28.4. The molecule has 0 radical (unpaired) electrons. The van der Waals surface area contributed by atoms with Crippen LogP contribution < -0.4 is 4.74 Å². The minimum atomic E-state index is -0.0934. The normalized spacial score (nSPS) is 10.4. The molecule has 0 aliphatic carbocycles. The fraction of sp³-hybridized carbons (Fsp3) is 0.133. The molecule has 110 valence electrons. The van der Waals surface area contributed by atoms with Crippen LogP contribution in [0.4, 0.5) is 0 Å². The summed E-state index contributed by atoms with van der Waals surface area (Å²) >= 11 is 1.47. The molecule has 0 N–H and O–H groups in total. The van der Waals surface area contributed by atoms with Crippen molar-refractivity contribution in [2.45, 2.75) is 13.3 Å². The Kier molecular flexibility index (Phi) is 4.15. The lowest BCUT2D eigenvalue weighted by Crippen LogP contribution is -2.06. The molecule has 3 heterocycles. The second kappa shape index (κ2) is 6.40. The molecule has 0 saturated heterocycles. The Hall–Kier alpha value is -2.67. The molecule has 22 heavy (non-hydrogen) atoms. The van der Waals surface area contributed by atoms with Gasteiger partial charge in [-0.3, -0.25) is 9.78 Å². The molecule has 0 aliphatic rings. The molecule has 0 saturated carbocycles. The summed E-state index contributed by atoms with van der Waals surface area (Å²) in [6, 6.07) is 3.28. The maximum Gasteiger partial charge on any atom is 0.188 e. The number of pyridine rings is 1. The number of carbonyl (C=O) groups excluding carboxylic acids is 1. The summed E-state index contributed by atoms with van der Waals surface area (Å²) in [6.07, 6.45) is 6.30. The van der Waals surface area contributed by atoms with Crippen LogP contribution in [0.2, 0.25) is 0 Å². The number of hydrogen-bond acceptors (Lipinski definition) is 7. The first-order valence-electron chi connectivity index (χ1n) is 6.54. The van der Waals surface area contributed by atoms with Gasteiger partial charge in [-0.1, -0.05) is 0 Å². The van der Waals surface area contributed by atoms with Gasteiger partial charge in [0.25, 0.3) is 0 Å². The SMILES string of the molecule is Cc1csc(CC(=O)c2cc(Oc3cncnc3)ccn2)n1. The van der Waals surface area contributed by atoms with Gasteiger partial charge in [-0.05, 0) is 13.0 Å². The number of rotatable bonds is 5. The highest BCUT2D eigenvalue weighted by Crippen LogP contribution is 2.20. The van der Waals surface area contributed by atoms with Crippen LogP contribution in [0, 0.1) is 6.92 Å². The van der Waals surface area contributed by atoms with E-state index in [9.17, 15) is 4.79 Å². The van der Waals surface area contributed by atoms with E-state index in [2.05, 4.69) is 19.9 Å². The molecule has 0 unspecified atom stereocenters. The predicted molar refractivity (Wildman–Crippen MR) is 81.2 cm³/mol. The summed E-state index contributed by atoms with van der Waals surface area (Å²) in [5, 5.41) is 2.71. The summed E-state index contributed by atoms with van der Waals surface area (Å²) in [6.45, 7) is 1.90. The van der Waals surface area contributed by atoms with Crippen LogP contribution in [0.1, 0.15) is 21.2 Å². The minimum absolute atomic E-state index is 0.0934. The van der Waals surface area contributed by atoms with Gasteiger partial charge in [-0.2, -0.15) is 0 Å². The summed E-state index contributed by atoms with van der Waals surface area (Å²) < 4.78 is 5.59. The highest BCUT2D eigenvalue weighted by atomic mass is 32.1. The Balaban J connectivity index is 1.74. The number of nitrogens with zero attached hydrogens (tertiary/aromatic N) is 4. The molecule has 0 bridgehead atoms. The van der Waals surface area contributed by atoms with E-state index in [1.54, 1.807) is 30.7 Å². The Labute approximate surface area is 130 Å². The van der Waals surface area contributed by atoms with Crippen LogP contribution in [0.3, 0.4) is 0 Å². The number of thiazole rings is 1. The van der Waals surface area contributed by atoms with E-state index in [4.69, 9.17) is 4.74 Å². The number of ether oxygens (including phenoxy) is 1. The number of aryl methyl sites for hydroxylation is 1. The van der Waals surface area contributed by atoms with Crippen molar-refractivity contribution in [2.75, 3.05) is 0 Å². The topological polar surface area (TPSA) is 77.9 Å². The van der Waals surface area contributed by atoms with Gasteiger partial charge in [-0.15, -0.1) is 11.3 Å². The number of Topliss-reactive ketones (excluding diaryl/α,β-unsaturated/α-hetero) is 1. The van der Waals surface area contributed by atoms with E-state index in [1.165, 1.54) is 17.7 Å². The van der Waals surface area contributed by atoms with E-state index in [-0.39, 0.29) is 12.2 Å². The Morgan fingerprint density at radius 3 is 2.82 bits per heavy atom. The van der Waals surface area contributed by atoms with Gasteiger partial charge in [0, 0.05) is 23.3 Å². The summed E-state index contributed by atoms with van der Waals surface area (Å²) in [5.41, 5.74) is 1.27. The quantitative estimate of drug-likeness (QED) is 0.674. The summed E-state index contributed by atoms with van der Waals surface area (Å²) in [7, 11) is 0. The molecule has 0 aromatic carbocycles.